The van der Waals surface area contributed by atoms with Crippen LogP contribution in [0.5, 0.6) is 0 Å². The van der Waals surface area contributed by atoms with Crippen molar-refractivity contribution >= 4 is 0 Å². The van der Waals surface area contributed by atoms with E-state index in [9.17, 15) is 0 Å². The van der Waals surface area contributed by atoms with Crippen LogP contribution in [0.25, 0.3) is 0 Å². The SMILES string of the molecule is NCCN(Cc1ncc[nH]1)Cc1ncc[nH]1. The molecule has 0 aliphatic rings. The summed E-state index contributed by atoms with van der Waals surface area (Å²) in [5.41, 5.74) is 5.58. The molecule has 2 aromatic heterocycles. The van der Waals surface area contributed by atoms with E-state index in [4.69, 9.17) is 5.73 Å². The van der Waals surface area contributed by atoms with Crippen LogP contribution in [0.4, 0.5) is 0 Å². The van der Waals surface area contributed by atoms with Crippen molar-refractivity contribution in [2.75, 3.05) is 13.1 Å². The van der Waals surface area contributed by atoms with E-state index in [-0.39, 0.29) is 0 Å². The summed E-state index contributed by atoms with van der Waals surface area (Å²) < 4.78 is 0. The number of aromatic nitrogens is 4. The molecule has 0 saturated carbocycles. The largest absolute Gasteiger partial charge is 0.348 e. The zero-order valence-electron chi connectivity index (χ0n) is 9.06. The van der Waals surface area contributed by atoms with Crippen LogP contribution in [0, 0.1) is 0 Å². The summed E-state index contributed by atoms with van der Waals surface area (Å²) in [5.74, 6) is 1.89. The Morgan fingerprint density at radius 3 is 2.00 bits per heavy atom. The molecule has 0 aliphatic heterocycles. The van der Waals surface area contributed by atoms with Gasteiger partial charge in [0.25, 0.3) is 0 Å². The molecule has 0 spiro atoms. The minimum absolute atomic E-state index is 0.626. The number of nitrogens with two attached hydrogens (primary N) is 1. The fourth-order valence-electron chi connectivity index (χ4n) is 1.59. The van der Waals surface area contributed by atoms with Crippen LogP contribution in [0.1, 0.15) is 11.6 Å². The maximum Gasteiger partial charge on any atom is 0.120 e. The number of aromatic amines is 2. The smallest absolute Gasteiger partial charge is 0.120 e. The Hall–Kier alpha value is -1.66. The minimum Gasteiger partial charge on any atom is -0.348 e. The van der Waals surface area contributed by atoms with E-state index in [2.05, 4.69) is 24.8 Å². The highest BCUT2D eigenvalue weighted by molar-refractivity contribution is 4.90. The van der Waals surface area contributed by atoms with E-state index < -0.39 is 0 Å². The summed E-state index contributed by atoms with van der Waals surface area (Å²) in [5, 5.41) is 0. The zero-order valence-corrected chi connectivity index (χ0v) is 9.06. The van der Waals surface area contributed by atoms with Gasteiger partial charge in [-0.15, -0.1) is 0 Å². The van der Waals surface area contributed by atoms with E-state index in [1.807, 2.05) is 12.4 Å². The molecule has 0 bridgehead atoms. The summed E-state index contributed by atoms with van der Waals surface area (Å²) in [6.07, 6.45) is 7.15. The molecule has 0 saturated heterocycles. The van der Waals surface area contributed by atoms with Crippen LogP contribution in [0.15, 0.2) is 24.8 Å². The predicted octanol–water partition coefficient (Wildman–Crippen LogP) is 0.0937. The van der Waals surface area contributed by atoms with Gasteiger partial charge in [0.2, 0.25) is 0 Å². The van der Waals surface area contributed by atoms with E-state index in [1.54, 1.807) is 12.4 Å². The lowest BCUT2D eigenvalue weighted by Gasteiger charge is -2.18. The fraction of sp³-hybridized carbons (Fsp3) is 0.400. The van der Waals surface area contributed by atoms with Gasteiger partial charge in [0.15, 0.2) is 0 Å². The fourth-order valence-corrected chi connectivity index (χ4v) is 1.59. The molecule has 6 heteroatoms. The molecule has 86 valence electrons. The molecular formula is C10H16N6. The van der Waals surface area contributed by atoms with Gasteiger partial charge in [0, 0.05) is 37.9 Å². The normalized spacial score (nSPS) is 11.1. The molecule has 4 N–H and O–H groups in total. The predicted molar refractivity (Wildman–Crippen MR) is 60.3 cm³/mol. The second-order valence-corrected chi connectivity index (χ2v) is 3.57. The molecule has 2 aromatic rings. The van der Waals surface area contributed by atoms with Crippen molar-refractivity contribution in [3.05, 3.63) is 36.4 Å². The number of rotatable bonds is 6. The first-order chi connectivity index (χ1) is 7.88. The van der Waals surface area contributed by atoms with Crippen LogP contribution in [0.3, 0.4) is 0 Å². The first-order valence-corrected chi connectivity index (χ1v) is 5.27. The Labute approximate surface area is 93.9 Å². The third kappa shape index (κ3) is 2.91. The van der Waals surface area contributed by atoms with E-state index in [0.29, 0.717) is 6.54 Å². The first kappa shape index (κ1) is 10.8. The van der Waals surface area contributed by atoms with Gasteiger partial charge in [-0.1, -0.05) is 0 Å². The maximum atomic E-state index is 5.58. The molecule has 2 rings (SSSR count). The van der Waals surface area contributed by atoms with E-state index in [1.165, 1.54) is 0 Å². The van der Waals surface area contributed by atoms with Crippen LogP contribution >= 0.6 is 0 Å². The average molecular weight is 220 g/mol. The lowest BCUT2D eigenvalue weighted by molar-refractivity contribution is 0.253. The van der Waals surface area contributed by atoms with E-state index >= 15 is 0 Å². The molecule has 0 unspecified atom stereocenters. The monoisotopic (exact) mass is 220 g/mol. The van der Waals surface area contributed by atoms with Gasteiger partial charge in [-0.25, -0.2) is 9.97 Å². The molecule has 0 amide bonds. The molecule has 6 nitrogen and oxygen atoms in total. The highest BCUT2D eigenvalue weighted by atomic mass is 15.2. The number of nitrogens with zero attached hydrogens (tertiary/aromatic N) is 3. The number of nitrogens with one attached hydrogen (secondary N) is 2. The molecule has 0 atom stereocenters. The van der Waals surface area contributed by atoms with E-state index in [0.717, 1.165) is 31.3 Å². The van der Waals surface area contributed by atoms with Crippen molar-refractivity contribution < 1.29 is 0 Å². The molecule has 16 heavy (non-hydrogen) atoms. The van der Waals surface area contributed by atoms with Crippen molar-refractivity contribution in [1.82, 2.24) is 24.8 Å². The summed E-state index contributed by atoms with van der Waals surface area (Å²) in [7, 11) is 0. The number of H-pyrrole nitrogens is 2. The second-order valence-electron chi connectivity index (χ2n) is 3.57. The molecule has 0 aliphatic carbocycles. The van der Waals surface area contributed by atoms with Gasteiger partial charge in [0.1, 0.15) is 11.6 Å². The average Bonchev–Trinajstić information content (AvgIpc) is 2.91. The minimum atomic E-state index is 0.626. The van der Waals surface area contributed by atoms with Crippen molar-refractivity contribution in [2.45, 2.75) is 13.1 Å². The van der Waals surface area contributed by atoms with Gasteiger partial charge >= 0.3 is 0 Å². The highest BCUT2D eigenvalue weighted by Gasteiger charge is 2.08. The van der Waals surface area contributed by atoms with Crippen molar-refractivity contribution in [2.24, 2.45) is 5.73 Å². The van der Waals surface area contributed by atoms with Crippen molar-refractivity contribution in [1.29, 1.82) is 0 Å². The lowest BCUT2D eigenvalue weighted by Crippen LogP contribution is -2.29. The second kappa shape index (κ2) is 5.43. The van der Waals surface area contributed by atoms with Crippen molar-refractivity contribution in [3.63, 3.8) is 0 Å². The van der Waals surface area contributed by atoms with Crippen LogP contribution in [0.2, 0.25) is 0 Å². The Balaban J connectivity index is 1.94. The van der Waals surface area contributed by atoms with Crippen LogP contribution < -0.4 is 5.73 Å². The maximum absolute atomic E-state index is 5.58. The van der Waals surface area contributed by atoms with Gasteiger partial charge in [-0.05, 0) is 0 Å². The molecular weight excluding hydrogens is 204 g/mol. The van der Waals surface area contributed by atoms with Crippen LogP contribution in [-0.2, 0) is 13.1 Å². The lowest BCUT2D eigenvalue weighted by atomic mass is 10.4. The number of imidazole rings is 2. The molecule has 0 radical (unpaired) electrons. The van der Waals surface area contributed by atoms with Gasteiger partial charge in [0.05, 0.1) is 13.1 Å². The molecule has 2 heterocycles. The van der Waals surface area contributed by atoms with Gasteiger partial charge in [-0.3, -0.25) is 4.90 Å². The van der Waals surface area contributed by atoms with Crippen LogP contribution in [-0.4, -0.2) is 37.9 Å². The summed E-state index contributed by atoms with van der Waals surface area (Å²) in [4.78, 5) is 16.8. The Kier molecular flexibility index (Phi) is 3.68. The quantitative estimate of drug-likeness (QED) is 0.644. The van der Waals surface area contributed by atoms with Gasteiger partial charge in [-0.2, -0.15) is 0 Å². The van der Waals surface area contributed by atoms with Gasteiger partial charge < -0.3 is 15.7 Å². The third-order valence-corrected chi connectivity index (χ3v) is 2.30. The molecule has 0 aromatic carbocycles. The Morgan fingerprint density at radius 2 is 1.62 bits per heavy atom. The topological polar surface area (TPSA) is 86.6 Å². The third-order valence-electron chi connectivity index (χ3n) is 2.30. The van der Waals surface area contributed by atoms with Crippen molar-refractivity contribution in [3.8, 4) is 0 Å². The number of hydrogen-bond donors (Lipinski definition) is 3. The first-order valence-electron chi connectivity index (χ1n) is 5.27. The molecule has 0 fully saturated rings. The number of hydrogen-bond acceptors (Lipinski definition) is 4. The highest BCUT2D eigenvalue weighted by Crippen LogP contribution is 2.02. The summed E-state index contributed by atoms with van der Waals surface area (Å²) in [6.45, 7) is 2.96. The summed E-state index contributed by atoms with van der Waals surface area (Å²) in [6, 6.07) is 0. The standard InChI is InChI=1S/C10H16N6/c11-1-6-16(7-9-12-2-3-13-9)8-10-14-4-5-15-10/h2-5H,1,6-8,11H2,(H,12,13)(H,14,15). The zero-order chi connectivity index (χ0) is 11.2. The Morgan fingerprint density at radius 1 is 1.06 bits per heavy atom. The summed E-state index contributed by atoms with van der Waals surface area (Å²) >= 11 is 0. The Bertz CT molecular complexity index is 343.